The Morgan fingerprint density at radius 3 is 2.26 bits per heavy atom. The lowest BCUT2D eigenvalue weighted by atomic mass is 9.83. The molecule has 0 bridgehead atoms. The monoisotopic (exact) mass is 663 g/mol. The van der Waals surface area contributed by atoms with E-state index in [0.717, 1.165) is 32.1 Å². The van der Waals surface area contributed by atoms with Crippen molar-refractivity contribution < 1.29 is 19.7 Å². The SMILES string of the molecule is N[C@@H](CC1CC(I)C(OC2CCC(O)C(I)C2)C(I)C1)C(=O)O. The zero-order valence-corrected chi connectivity index (χ0v) is 19.3. The molecule has 5 nitrogen and oxygen atoms in total. The maximum atomic E-state index is 10.9. The normalized spacial score (nSPS) is 43.1. The van der Waals surface area contributed by atoms with Gasteiger partial charge in [-0.1, -0.05) is 67.8 Å². The second-order valence-electron chi connectivity index (χ2n) is 6.67. The largest absolute Gasteiger partial charge is 0.480 e. The fourth-order valence-corrected chi connectivity index (χ4v) is 7.96. The Labute approximate surface area is 178 Å². The molecule has 2 fully saturated rings. The number of carbonyl (C=O) groups is 1. The summed E-state index contributed by atoms with van der Waals surface area (Å²) in [6.07, 6.45) is 5.38. The summed E-state index contributed by atoms with van der Waals surface area (Å²) in [7, 11) is 0. The van der Waals surface area contributed by atoms with Crippen LogP contribution >= 0.6 is 67.8 Å². The van der Waals surface area contributed by atoms with Crippen LogP contribution in [0.25, 0.3) is 0 Å². The van der Waals surface area contributed by atoms with Crippen molar-refractivity contribution in [2.45, 2.75) is 74.7 Å². The number of aliphatic carboxylic acids is 1. The van der Waals surface area contributed by atoms with E-state index in [-0.39, 0.29) is 22.2 Å². The third kappa shape index (κ3) is 6.04. The number of hydrogen-bond donors (Lipinski definition) is 3. The molecule has 0 aliphatic heterocycles. The summed E-state index contributed by atoms with van der Waals surface area (Å²) >= 11 is 7.22. The van der Waals surface area contributed by atoms with E-state index in [1.807, 2.05) is 0 Å². The van der Waals surface area contributed by atoms with Gasteiger partial charge in [-0.2, -0.15) is 0 Å². The van der Waals surface area contributed by atoms with Gasteiger partial charge in [0.2, 0.25) is 0 Å². The van der Waals surface area contributed by atoms with Crippen LogP contribution < -0.4 is 5.73 Å². The van der Waals surface area contributed by atoms with Gasteiger partial charge in [0.05, 0.1) is 18.3 Å². The van der Waals surface area contributed by atoms with Crippen LogP contribution in [0, 0.1) is 5.92 Å². The van der Waals surface area contributed by atoms with Crippen LogP contribution in [0.4, 0.5) is 0 Å². The topological polar surface area (TPSA) is 92.8 Å². The molecule has 0 aromatic carbocycles. The van der Waals surface area contributed by atoms with E-state index >= 15 is 0 Å². The standard InChI is InChI=1S/C15H24I3NO4/c16-9-6-8(1-2-13(9)20)23-14-10(17)3-7(4-11(14)18)5-12(19)15(21)22/h7-14,20H,1-6,19H2,(H,21,22)/t7?,8?,9?,10?,11?,12-,13?,14?/m0/s1. The van der Waals surface area contributed by atoms with E-state index in [1.54, 1.807) is 0 Å². The second-order valence-corrected chi connectivity index (χ2v) is 11.5. The van der Waals surface area contributed by atoms with Gasteiger partial charge in [0, 0.05) is 11.8 Å². The van der Waals surface area contributed by atoms with E-state index in [4.69, 9.17) is 15.6 Å². The number of carboxylic acid groups (broad SMARTS) is 1. The number of nitrogens with two attached hydrogens (primary N) is 1. The maximum Gasteiger partial charge on any atom is 0.320 e. The first-order chi connectivity index (χ1) is 10.8. The van der Waals surface area contributed by atoms with Crippen molar-refractivity contribution in [1.82, 2.24) is 0 Å². The van der Waals surface area contributed by atoms with Crippen molar-refractivity contribution in [2.24, 2.45) is 11.7 Å². The summed E-state index contributed by atoms with van der Waals surface area (Å²) in [5.41, 5.74) is 5.69. The molecule has 0 saturated heterocycles. The Morgan fingerprint density at radius 1 is 1.13 bits per heavy atom. The van der Waals surface area contributed by atoms with Crippen molar-refractivity contribution >= 4 is 73.7 Å². The molecule has 0 aromatic heterocycles. The van der Waals surface area contributed by atoms with Crippen molar-refractivity contribution in [3.05, 3.63) is 0 Å². The number of aliphatic hydroxyl groups is 1. The Bertz CT molecular complexity index is 402. The smallest absolute Gasteiger partial charge is 0.320 e. The zero-order valence-electron chi connectivity index (χ0n) is 12.8. The summed E-state index contributed by atoms with van der Waals surface area (Å²) in [5.74, 6) is -0.553. The van der Waals surface area contributed by atoms with Gasteiger partial charge in [-0.15, -0.1) is 0 Å². The maximum absolute atomic E-state index is 10.9. The van der Waals surface area contributed by atoms with Gasteiger partial charge >= 0.3 is 5.97 Å². The van der Waals surface area contributed by atoms with Crippen molar-refractivity contribution in [2.75, 3.05) is 0 Å². The van der Waals surface area contributed by atoms with E-state index in [9.17, 15) is 9.90 Å². The highest BCUT2D eigenvalue weighted by Gasteiger charge is 2.39. The van der Waals surface area contributed by atoms with Crippen LogP contribution in [0.3, 0.4) is 0 Å². The van der Waals surface area contributed by atoms with Gasteiger partial charge in [-0.25, -0.2) is 0 Å². The first-order valence-electron chi connectivity index (χ1n) is 8.02. The summed E-state index contributed by atoms with van der Waals surface area (Å²) in [6.45, 7) is 0. The van der Waals surface area contributed by atoms with Gasteiger partial charge in [0.1, 0.15) is 6.04 Å². The molecule has 0 spiro atoms. The fraction of sp³-hybridized carbons (Fsp3) is 0.933. The number of hydrogen-bond acceptors (Lipinski definition) is 4. The molecule has 2 aliphatic rings. The highest BCUT2D eigenvalue weighted by molar-refractivity contribution is 14.1. The van der Waals surface area contributed by atoms with Crippen LogP contribution in [0.1, 0.15) is 38.5 Å². The molecule has 0 amide bonds. The predicted octanol–water partition coefficient (Wildman–Crippen LogP) is 2.91. The van der Waals surface area contributed by atoms with Crippen molar-refractivity contribution in [3.8, 4) is 0 Å². The highest BCUT2D eigenvalue weighted by Crippen LogP contribution is 2.40. The number of rotatable bonds is 5. The van der Waals surface area contributed by atoms with Crippen LogP contribution in [0.15, 0.2) is 0 Å². The number of halogens is 3. The minimum absolute atomic E-state index is 0.200. The van der Waals surface area contributed by atoms with Crippen molar-refractivity contribution in [3.63, 3.8) is 0 Å². The molecular weight excluding hydrogens is 639 g/mol. The molecule has 0 radical (unpaired) electrons. The molecule has 8 heteroatoms. The Hall–Kier alpha value is 1.54. The zero-order chi connectivity index (χ0) is 17.1. The Balaban J connectivity index is 1.86. The van der Waals surface area contributed by atoms with Crippen molar-refractivity contribution in [1.29, 1.82) is 0 Å². The molecule has 0 heterocycles. The van der Waals surface area contributed by atoms with E-state index in [2.05, 4.69) is 67.8 Å². The molecule has 5 unspecified atom stereocenters. The number of alkyl halides is 3. The Kier molecular flexibility index (Phi) is 8.58. The summed E-state index contributed by atoms with van der Waals surface area (Å²) in [5, 5.41) is 18.8. The van der Waals surface area contributed by atoms with Crippen LogP contribution in [0.2, 0.25) is 0 Å². The third-order valence-corrected chi connectivity index (χ3v) is 8.55. The van der Waals surface area contributed by atoms with E-state index in [1.165, 1.54) is 0 Å². The molecule has 4 N–H and O–H groups in total. The quantitative estimate of drug-likeness (QED) is 0.311. The van der Waals surface area contributed by atoms with Gasteiger partial charge in [-0.3, -0.25) is 4.79 Å². The van der Waals surface area contributed by atoms with Gasteiger partial charge < -0.3 is 20.7 Å². The lowest BCUT2D eigenvalue weighted by Gasteiger charge is -2.41. The fourth-order valence-electron chi connectivity index (χ4n) is 3.46. The number of ether oxygens (including phenoxy) is 1. The number of carboxylic acids is 1. The summed E-state index contributed by atoms with van der Waals surface area (Å²) < 4.78 is 7.44. The average Bonchev–Trinajstić information content (AvgIpc) is 2.46. The van der Waals surface area contributed by atoms with Crippen LogP contribution in [-0.2, 0) is 9.53 Å². The summed E-state index contributed by atoms with van der Waals surface area (Å²) in [4.78, 5) is 10.9. The third-order valence-electron chi connectivity index (χ3n) is 4.77. The molecule has 23 heavy (non-hydrogen) atoms. The average molecular weight is 663 g/mol. The van der Waals surface area contributed by atoms with Gasteiger partial charge in [-0.05, 0) is 44.4 Å². The minimum atomic E-state index is -0.910. The molecule has 6 atom stereocenters. The lowest BCUT2D eigenvalue weighted by Crippen LogP contribution is -2.46. The minimum Gasteiger partial charge on any atom is -0.480 e. The second kappa shape index (κ2) is 9.47. The lowest BCUT2D eigenvalue weighted by molar-refractivity contribution is -0.139. The molecule has 2 aliphatic carbocycles. The molecule has 2 saturated carbocycles. The molecule has 0 aromatic rings. The van der Waals surface area contributed by atoms with Crippen LogP contribution in [-0.4, -0.2) is 52.3 Å². The predicted molar refractivity (Wildman–Crippen MR) is 115 cm³/mol. The van der Waals surface area contributed by atoms with E-state index < -0.39 is 12.0 Å². The van der Waals surface area contributed by atoms with Crippen LogP contribution in [0.5, 0.6) is 0 Å². The summed E-state index contributed by atoms with van der Waals surface area (Å²) in [6, 6.07) is -0.760. The molecule has 2 rings (SSSR count). The van der Waals surface area contributed by atoms with Gasteiger partial charge in [0.25, 0.3) is 0 Å². The molecule has 134 valence electrons. The highest BCUT2D eigenvalue weighted by atomic mass is 127. The van der Waals surface area contributed by atoms with E-state index in [0.29, 0.717) is 20.2 Å². The molecular formula is C15H24I3NO4. The first kappa shape index (κ1) is 20.8. The number of aliphatic hydroxyl groups excluding tert-OH is 1. The Morgan fingerprint density at radius 2 is 1.74 bits per heavy atom. The van der Waals surface area contributed by atoms with Gasteiger partial charge in [0.15, 0.2) is 0 Å². The first-order valence-corrected chi connectivity index (χ1v) is 11.8.